The van der Waals surface area contributed by atoms with Gasteiger partial charge in [-0.3, -0.25) is 4.98 Å². The van der Waals surface area contributed by atoms with Crippen LogP contribution < -0.4 is 0 Å². The summed E-state index contributed by atoms with van der Waals surface area (Å²) < 4.78 is 6.22. The smallest absolute Gasteiger partial charge is 0.120 e. The summed E-state index contributed by atoms with van der Waals surface area (Å²) in [5.74, 6) is 0. The average Bonchev–Trinajstić information content (AvgIpc) is 3.45. The van der Waals surface area contributed by atoms with Crippen LogP contribution in [0.5, 0.6) is 0 Å². The molecule has 8 rings (SSSR count). The Bertz CT molecular complexity index is 2170. The molecule has 4 heterocycles. The van der Waals surface area contributed by atoms with Crippen LogP contribution in [0.1, 0.15) is 11.1 Å². The number of furan rings is 1. The summed E-state index contributed by atoms with van der Waals surface area (Å²) >= 11 is 0. The maximum Gasteiger partial charge on any atom is 0.120 e. The molecule has 4 aromatic heterocycles. The van der Waals surface area contributed by atoms with Gasteiger partial charge in [0, 0.05) is 49.5 Å². The summed E-state index contributed by atoms with van der Waals surface area (Å²) in [6, 6.07) is 42.9. The van der Waals surface area contributed by atoms with Crippen molar-refractivity contribution < 1.29 is 24.5 Å². The van der Waals surface area contributed by atoms with Gasteiger partial charge in [-0.1, -0.05) is 53.4 Å². The predicted octanol–water partition coefficient (Wildman–Crippen LogP) is 9.83. The van der Waals surface area contributed by atoms with Crippen molar-refractivity contribution in [3.63, 3.8) is 0 Å². The van der Waals surface area contributed by atoms with Crippen LogP contribution >= 0.6 is 0 Å². The molecule has 0 saturated carbocycles. The first-order valence-corrected chi connectivity index (χ1v) is 14.2. The Morgan fingerprint density at radius 3 is 2.27 bits per heavy atom. The number of benzene rings is 4. The first-order chi connectivity index (χ1) is 21.2. The number of aromatic nitrogens is 3. The molecule has 0 N–H and O–H groups in total. The molecule has 215 valence electrons. The molecular formula is C39H27IrN3O-2. The van der Waals surface area contributed by atoms with Crippen LogP contribution in [0.3, 0.4) is 0 Å². The van der Waals surface area contributed by atoms with E-state index in [1.165, 1.54) is 11.1 Å². The molecule has 44 heavy (non-hydrogen) atoms. The van der Waals surface area contributed by atoms with E-state index >= 15 is 0 Å². The number of aryl methyl sites for hydroxylation is 2. The van der Waals surface area contributed by atoms with Gasteiger partial charge in [0.25, 0.3) is 0 Å². The molecule has 0 bridgehead atoms. The zero-order valence-electron chi connectivity index (χ0n) is 24.2. The van der Waals surface area contributed by atoms with Gasteiger partial charge in [-0.25, -0.2) is 0 Å². The fourth-order valence-corrected chi connectivity index (χ4v) is 5.42. The van der Waals surface area contributed by atoms with Gasteiger partial charge in [-0.2, -0.15) is 0 Å². The Labute approximate surface area is 269 Å². The van der Waals surface area contributed by atoms with Crippen LogP contribution in [0.4, 0.5) is 0 Å². The molecule has 8 aromatic rings. The molecule has 0 saturated heterocycles. The van der Waals surface area contributed by atoms with E-state index in [0.717, 1.165) is 66.5 Å². The second-order valence-electron chi connectivity index (χ2n) is 10.4. The van der Waals surface area contributed by atoms with Crippen molar-refractivity contribution in [2.75, 3.05) is 0 Å². The van der Waals surface area contributed by atoms with Gasteiger partial charge in [-0.15, -0.1) is 54.1 Å². The third kappa shape index (κ3) is 5.68. The molecule has 0 fully saturated rings. The van der Waals surface area contributed by atoms with E-state index in [0.29, 0.717) is 0 Å². The summed E-state index contributed by atoms with van der Waals surface area (Å²) in [6.45, 7) is 4.24. The minimum atomic E-state index is 0. The van der Waals surface area contributed by atoms with Gasteiger partial charge >= 0.3 is 0 Å². The number of nitrogens with zero attached hydrogens (tertiary/aromatic N) is 3. The Hall–Kier alpha value is -4.96. The maximum absolute atomic E-state index is 6.22. The minimum Gasteiger partial charge on any atom is -0.501 e. The van der Waals surface area contributed by atoms with Crippen LogP contribution in [0.15, 0.2) is 132 Å². The molecule has 0 aliphatic rings. The third-order valence-electron chi connectivity index (χ3n) is 7.59. The maximum atomic E-state index is 6.22. The Kier molecular flexibility index (Phi) is 8.42. The van der Waals surface area contributed by atoms with Crippen LogP contribution in [0.25, 0.3) is 66.5 Å². The molecule has 0 amide bonds. The van der Waals surface area contributed by atoms with E-state index in [9.17, 15) is 0 Å². The van der Waals surface area contributed by atoms with Crippen LogP contribution in [0.2, 0.25) is 0 Å². The van der Waals surface area contributed by atoms with Crippen molar-refractivity contribution >= 4 is 32.8 Å². The second kappa shape index (κ2) is 12.7. The molecule has 0 atom stereocenters. The van der Waals surface area contributed by atoms with Crippen molar-refractivity contribution in [2.45, 2.75) is 13.8 Å². The van der Waals surface area contributed by atoms with Gasteiger partial charge < -0.3 is 14.4 Å². The average molecular weight is 746 g/mol. The summed E-state index contributed by atoms with van der Waals surface area (Å²) in [7, 11) is 0. The molecule has 0 aliphatic carbocycles. The van der Waals surface area contributed by atoms with Crippen LogP contribution in [0, 0.1) is 26.0 Å². The molecule has 4 aromatic carbocycles. The fraction of sp³-hybridized carbons (Fsp3) is 0.0513. The standard InChI is InChI=1S/C28H19N2O.C11H8N.Ir/c1-17-13-25-19(7-6-12-29-25)14-23(17)24-15-26(30-16-18(24)2)22-10-5-9-21-20-8-3-4-11-27(20)31-28(21)22;1-2-6-10(7-3-1)11-8-4-5-9-12-11;/h3-9,11-16H,1-2H3;1-6,8-9H;/q2*-1;. The van der Waals surface area contributed by atoms with Crippen molar-refractivity contribution in [3.8, 4) is 33.6 Å². The molecule has 0 aliphatic heterocycles. The van der Waals surface area contributed by atoms with Gasteiger partial charge in [0.1, 0.15) is 5.58 Å². The van der Waals surface area contributed by atoms with Gasteiger partial charge in [-0.05, 0) is 77.8 Å². The molecule has 4 nitrogen and oxygen atoms in total. The summed E-state index contributed by atoms with van der Waals surface area (Å²) in [4.78, 5) is 13.5. The van der Waals surface area contributed by atoms with Crippen molar-refractivity contribution in [1.82, 2.24) is 15.0 Å². The van der Waals surface area contributed by atoms with Crippen molar-refractivity contribution in [1.29, 1.82) is 0 Å². The Morgan fingerprint density at radius 2 is 1.43 bits per heavy atom. The van der Waals surface area contributed by atoms with E-state index in [-0.39, 0.29) is 20.1 Å². The quantitative estimate of drug-likeness (QED) is 0.169. The third-order valence-corrected chi connectivity index (χ3v) is 7.59. The second-order valence-corrected chi connectivity index (χ2v) is 10.4. The number of para-hydroxylation sites is 1. The number of hydrogen-bond donors (Lipinski definition) is 0. The summed E-state index contributed by atoms with van der Waals surface area (Å²) in [5.41, 5.74) is 11.1. The SMILES string of the molecule is Cc1cnc(-c2[c-]ccc3c2oc2ccccc23)cc1-c1cc2cccnc2cc1C.[Ir].[c-]1ccccc1-c1ccccn1. The van der Waals surface area contributed by atoms with E-state index in [1.54, 1.807) is 6.20 Å². The molecule has 5 heteroatoms. The van der Waals surface area contributed by atoms with Crippen LogP contribution in [-0.4, -0.2) is 15.0 Å². The molecule has 1 radical (unpaired) electrons. The molecular weight excluding hydrogens is 719 g/mol. The van der Waals surface area contributed by atoms with E-state index in [1.807, 2.05) is 85.2 Å². The first-order valence-electron chi connectivity index (χ1n) is 14.2. The summed E-state index contributed by atoms with van der Waals surface area (Å²) in [5, 5.41) is 3.33. The monoisotopic (exact) mass is 746 g/mol. The van der Waals surface area contributed by atoms with Crippen molar-refractivity contribution in [3.05, 3.63) is 151 Å². The van der Waals surface area contributed by atoms with E-state index < -0.39 is 0 Å². The normalized spacial score (nSPS) is 10.8. The summed E-state index contributed by atoms with van der Waals surface area (Å²) in [6.07, 6.45) is 5.56. The van der Waals surface area contributed by atoms with Crippen molar-refractivity contribution in [2.24, 2.45) is 0 Å². The zero-order chi connectivity index (χ0) is 29.2. The van der Waals surface area contributed by atoms with Gasteiger partial charge in [0.2, 0.25) is 0 Å². The number of hydrogen-bond acceptors (Lipinski definition) is 4. The van der Waals surface area contributed by atoms with E-state index in [4.69, 9.17) is 9.40 Å². The Morgan fingerprint density at radius 1 is 0.614 bits per heavy atom. The number of pyridine rings is 3. The number of rotatable bonds is 3. The van der Waals surface area contributed by atoms with Gasteiger partial charge in [0.05, 0.1) is 11.1 Å². The first kappa shape index (κ1) is 29.1. The molecule has 0 unspecified atom stereocenters. The van der Waals surface area contributed by atoms with Gasteiger partial charge in [0.15, 0.2) is 0 Å². The fourth-order valence-electron chi connectivity index (χ4n) is 5.42. The molecule has 0 spiro atoms. The zero-order valence-corrected chi connectivity index (χ0v) is 26.6. The predicted molar refractivity (Wildman–Crippen MR) is 175 cm³/mol. The minimum absolute atomic E-state index is 0. The number of fused-ring (bicyclic) bond motifs is 4. The largest absolute Gasteiger partial charge is 0.501 e. The van der Waals surface area contributed by atoms with E-state index in [2.05, 4.69) is 72.3 Å². The Balaban J connectivity index is 0.000000222. The van der Waals surface area contributed by atoms with Crippen LogP contribution in [-0.2, 0) is 20.1 Å². The topological polar surface area (TPSA) is 51.8 Å².